The van der Waals surface area contributed by atoms with Gasteiger partial charge in [0, 0.05) is 31.6 Å². The fraction of sp³-hybridized carbons (Fsp3) is 0.609. The lowest BCUT2D eigenvalue weighted by atomic mass is 10.0. The van der Waals surface area contributed by atoms with Crippen molar-refractivity contribution in [2.75, 3.05) is 20.6 Å². The third kappa shape index (κ3) is 9.16. The minimum Gasteiger partial charge on any atom is -0.465 e. The maximum Gasteiger partial charge on any atom is 0.217 e. The van der Waals surface area contributed by atoms with E-state index in [4.69, 9.17) is 26.8 Å². The standard InChI is InChI=1S/C23H39N5O3/c1-17-14-19(27(2)3)15-23(30-17)31-20-11-9-18(10-12-20)21(24)16-28(26)13-7-5-4-6-8-22(25)29/h9-12,16-17,19,23H,4-8,13-15,24,26H2,1-3H3,(H2,25,29)/b21-16-. The Hall–Kier alpha value is -2.29. The Labute approximate surface area is 186 Å². The number of nitrogens with two attached hydrogens (primary N) is 3. The smallest absolute Gasteiger partial charge is 0.217 e. The highest BCUT2D eigenvalue weighted by Gasteiger charge is 2.29. The predicted molar refractivity (Wildman–Crippen MR) is 123 cm³/mol. The molecule has 1 aromatic carbocycles. The van der Waals surface area contributed by atoms with Crippen LogP contribution in [0.4, 0.5) is 0 Å². The van der Waals surface area contributed by atoms with E-state index in [9.17, 15) is 4.79 Å². The molecule has 1 aromatic rings. The third-order valence-corrected chi connectivity index (χ3v) is 5.53. The van der Waals surface area contributed by atoms with E-state index in [1.54, 1.807) is 11.2 Å². The summed E-state index contributed by atoms with van der Waals surface area (Å²) in [6.45, 7) is 2.78. The summed E-state index contributed by atoms with van der Waals surface area (Å²) in [5.74, 6) is 6.55. The van der Waals surface area contributed by atoms with Crippen LogP contribution in [-0.2, 0) is 9.53 Å². The molecule has 6 N–H and O–H groups in total. The molecule has 0 bridgehead atoms. The Balaban J connectivity index is 1.80. The molecule has 8 heteroatoms. The van der Waals surface area contributed by atoms with Gasteiger partial charge in [0.1, 0.15) is 5.75 Å². The zero-order chi connectivity index (χ0) is 22.8. The monoisotopic (exact) mass is 433 g/mol. The molecule has 0 spiro atoms. The van der Waals surface area contributed by atoms with Crippen LogP contribution in [0, 0.1) is 0 Å². The highest BCUT2D eigenvalue weighted by molar-refractivity contribution is 5.73. The molecule has 0 saturated carbocycles. The van der Waals surface area contributed by atoms with E-state index in [1.807, 2.05) is 24.3 Å². The van der Waals surface area contributed by atoms with Crippen LogP contribution in [0.1, 0.15) is 57.4 Å². The Morgan fingerprint density at radius 3 is 2.45 bits per heavy atom. The van der Waals surface area contributed by atoms with Crippen LogP contribution in [0.5, 0.6) is 5.75 Å². The molecule has 31 heavy (non-hydrogen) atoms. The Morgan fingerprint density at radius 1 is 1.13 bits per heavy atom. The summed E-state index contributed by atoms with van der Waals surface area (Å²) < 4.78 is 12.0. The fourth-order valence-corrected chi connectivity index (χ4v) is 3.71. The highest BCUT2D eigenvalue weighted by atomic mass is 16.7. The van der Waals surface area contributed by atoms with Crippen LogP contribution >= 0.6 is 0 Å². The number of carbonyl (C=O) groups excluding carboxylic acids is 1. The van der Waals surface area contributed by atoms with Crippen molar-refractivity contribution < 1.29 is 14.3 Å². The summed E-state index contributed by atoms with van der Waals surface area (Å²) in [5.41, 5.74) is 12.8. The number of hydrazine groups is 1. The van der Waals surface area contributed by atoms with Crippen LogP contribution in [0.3, 0.4) is 0 Å². The van der Waals surface area contributed by atoms with Gasteiger partial charge in [0.2, 0.25) is 12.2 Å². The van der Waals surface area contributed by atoms with Gasteiger partial charge in [0.05, 0.1) is 11.8 Å². The van der Waals surface area contributed by atoms with Gasteiger partial charge in [-0.05, 0) is 70.1 Å². The van der Waals surface area contributed by atoms with E-state index in [1.165, 1.54) is 0 Å². The number of carbonyl (C=O) groups is 1. The molecule has 1 saturated heterocycles. The number of ether oxygens (including phenoxy) is 2. The second-order valence-corrected chi connectivity index (χ2v) is 8.56. The first kappa shape index (κ1) is 25.0. The number of hydrogen-bond donors (Lipinski definition) is 3. The Bertz CT molecular complexity index is 708. The van der Waals surface area contributed by atoms with Crippen molar-refractivity contribution in [1.82, 2.24) is 9.91 Å². The van der Waals surface area contributed by atoms with Gasteiger partial charge >= 0.3 is 0 Å². The molecule has 0 aromatic heterocycles. The average molecular weight is 434 g/mol. The van der Waals surface area contributed by atoms with Crippen LogP contribution in [0.2, 0.25) is 0 Å². The van der Waals surface area contributed by atoms with Crippen LogP contribution in [0.15, 0.2) is 30.5 Å². The van der Waals surface area contributed by atoms with Crippen molar-refractivity contribution >= 4 is 11.6 Å². The molecule has 1 amide bonds. The zero-order valence-electron chi connectivity index (χ0n) is 19.1. The summed E-state index contributed by atoms with van der Waals surface area (Å²) in [4.78, 5) is 12.9. The fourth-order valence-electron chi connectivity index (χ4n) is 3.71. The normalized spacial score (nSPS) is 21.8. The van der Waals surface area contributed by atoms with Gasteiger partial charge < -0.3 is 30.8 Å². The quantitative estimate of drug-likeness (QED) is 0.263. The number of primary amides is 1. The SMILES string of the molecule is CC1CC(N(C)C)CC(Oc2ccc(/C(N)=C/N(N)CCCCCCC(N)=O)cc2)O1. The molecular weight excluding hydrogens is 394 g/mol. The topological polar surface area (TPSA) is 120 Å². The number of unbranched alkanes of at least 4 members (excludes halogenated alkanes) is 3. The molecule has 1 aliphatic rings. The summed E-state index contributed by atoms with van der Waals surface area (Å²) in [7, 11) is 4.18. The molecular formula is C23H39N5O3. The molecule has 1 fully saturated rings. The second-order valence-electron chi connectivity index (χ2n) is 8.56. The van der Waals surface area contributed by atoms with Gasteiger partial charge in [-0.25, -0.2) is 5.84 Å². The first-order chi connectivity index (χ1) is 14.7. The maximum atomic E-state index is 10.7. The van der Waals surface area contributed by atoms with Crippen molar-refractivity contribution in [3.63, 3.8) is 0 Å². The van der Waals surface area contributed by atoms with Gasteiger partial charge in [-0.3, -0.25) is 4.79 Å². The van der Waals surface area contributed by atoms with Gasteiger partial charge in [0.25, 0.3) is 0 Å². The zero-order valence-corrected chi connectivity index (χ0v) is 19.1. The maximum absolute atomic E-state index is 10.7. The summed E-state index contributed by atoms with van der Waals surface area (Å²) >= 11 is 0. The van der Waals surface area contributed by atoms with Gasteiger partial charge in [-0.2, -0.15) is 0 Å². The lowest BCUT2D eigenvalue weighted by Gasteiger charge is -2.36. The number of benzene rings is 1. The van der Waals surface area contributed by atoms with Crippen LogP contribution in [0.25, 0.3) is 5.70 Å². The van der Waals surface area contributed by atoms with E-state index in [-0.39, 0.29) is 18.3 Å². The molecule has 1 heterocycles. The van der Waals surface area contributed by atoms with E-state index in [0.717, 1.165) is 49.8 Å². The average Bonchev–Trinajstić information content (AvgIpc) is 2.70. The number of amides is 1. The van der Waals surface area contributed by atoms with Crippen LogP contribution < -0.4 is 22.0 Å². The first-order valence-corrected chi connectivity index (χ1v) is 11.1. The second kappa shape index (κ2) is 12.5. The van der Waals surface area contributed by atoms with E-state index in [2.05, 4.69) is 25.9 Å². The van der Waals surface area contributed by atoms with E-state index in [0.29, 0.717) is 24.7 Å². The highest BCUT2D eigenvalue weighted by Crippen LogP contribution is 2.25. The molecule has 1 aliphatic heterocycles. The van der Waals surface area contributed by atoms with Gasteiger partial charge in [0.15, 0.2) is 0 Å². The Morgan fingerprint density at radius 2 is 1.81 bits per heavy atom. The minimum atomic E-state index is -0.252. The van der Waals surface area contributed by atoms with E-state index < -0.39 is 0 Å². The van der Waals surface area contributed by atoms with Gasteiger partial charge in [-0.15, -0.1) is 0 Å². The largest absolute Gasteiger partial charge is 0.465 e. The van der Waals surface area contributed by atoms with Crippen molar-refractivity contribution in [2.24, 2.45) is 17.3 Å². The summed E-state index contributed by atoms with van der Waals surface area (Å²) in [6.07, 6.45) is 7.68. The predicted octanol–water partition coefficient (Wildman–Crippen LogP) is 2.39. The minimum absolute atomic E-state index is 0.169. The number of hydrogen-bond acceptors (Lipinski definition) is 7. The molecule has 0 radical (unpaired) electrons. The first-order valence-electron chi connectivity index (χ1n) is 11.1. The summed E-state index contributed by atoms with van der Waals surface area (Å²) in [5, 5.41) is 1.60. The molecule has 174 valence electrons. The molecule has 2 rings (SSSR count). The molecule has 0 aliphatic carbocycles. The van der Waals surface area contributed by atoms with Crippen molar-refractivity contribution in [3.05, 3.63) is 36.0 Å². The molecule has 8 nitrogen and oxygen atoms in total. The summed E-state index contributed by atoms with van der Waals surface area (Å²) in [6, 6.07) is 8.11. The van der Waals surface area contributed by atoms with E-state index >= 15 is 0 Å². The number of rotatable bonds is 12. The lowest BCUT2D eigenvalue weighted by Crippen LogP contribution is -2.43. The van der Waals surface area contributed by atoms with Crippen molar-refractivity contribution in [1.29, 1.82) is 0 Å². The molecule has 3 atom stereocenters. The van der Waals surface area contributed by atoms with Crippen LogP contribution in [-0.4, -0.2) is 54.9 Å². The number of nitrogens with zero attached hydrogens (tertiary/aromatic N) is 2. The van der Waals surface area contributed by atoms with Crippen molar-refractivity contribution in [3.8, 4) is 5.75 Å². The van der Waals surface area contributed by atoms with Gasteiger partial charge in [-0.1, -0.05) is 12.8 Å². The lowest BCUT2D eigenvalue weighted by molar-refractivity contribution is -0.157. The van der Waals surface area contributed by atoms with Crippen molar-refractivity contribution in [2.45, 2.75) is 70.3 Å². The molecule has 3 unspecified atom stereocenters. The Kier molecular flexibility index (Phi) is 10.1. The third-order valence-electron chi connectivity index (χ3n) is 5.53.